The minimum absolute atomic E-state index is 0.0383. The zero-order chi connectivity index (χ0) is 16.4. The summed E-state index contributed by atoms with van der Waals surface area (Å²) < 4.78 is 1.65. The van der Waals surface area contributed by atoms with E-state index in [2.05, 4.69) is 25.0 Å². The predicted octanol–water partition coefficient (Wildman–Crippen LogP) is 1.21. The molecule has 3 rings (SSSR count). The Labute approximate surface area is 136 Å². The van der Waals surface area contributed by atoms with E-state index in [1.165, 1.54) is 0 Å². The summed E-state index contributed by atoms with van der Waals surface area (Å²) in [6.07, 6.45) is 3.26. The molecule has 0 saturated heterocycles. The maximum Gasteiger partial charge on any atom is 0.201 e. The lowest BCUT2D eigenvalue weighted by atomic mass is 10.2. The number of rotatable bonds is 3. The summed E-state index contributed by atoms with van der Waals surface area (Å²) in [6.45, 7) is 2.39. The molecular formula is C14H15ClN8. The Morgan fingerprint density at radius 3 is 3.09 bits per heavy atom. The molecule has 0 aliphatic carbocycles. The van der Waals surface area contributed by atoms with Crippen LogP contribution in [-0.4, -0.2) is 36.4 Å². The van der Waals surface area contributed by atoms with Gasteiger partial charge in [0.15, 0.2) is 11.5 Å². The van der Waals surface area contributed by atoms with Gasteiger partial charge in [-0.3, -0.25) is 10.4 Å². The van der Waals surface area contributed by atoms with E-state index >= 15 is 0 Å². The zero-order valence-corrected chi connectivity index (χ0v) is 13.2. The highest BCUT2D eigenvalue weighted by molar-refractivity contribution is 6.17. The van der Waals surface area contributed by atoms with Crippen LogP contribution in [-0.2, 0) is 6.54 Å². The molecule has 0 unspecified atom stereocenters. The molecule has 23 heavy (non-hydrogen) atoms. The summed E-state index contributed by atoms with van der Waals surface area (Å²) in [7, 11) is 0. The lowest BCUT2D eigenvalue weighted by Gasteiger charge is -2.03. The van der Waals surface area contributed by atoms with Crippen LogP contribution in [0.15, 0.2) is 29.5 Å². The summed E-state index contributed by atoms with van der Waals surface area (Å²) in [6, 6.07) is 3.70. The van der Waals surface area contributed by atoms with Gasteiger partial charge in [0.2, 0.25) is 5.95 Å². The molecule has 0 aromatic carbocycles. The highest BCUT2D eigenvalue weighted by Crippen LogP contribution is 2.08. The normalized spacial score (nSPS) is 12.0. The van der Waals surface area contributed by atoms with Crippen molar-refractivity contribution in [3.05, 3.63) is 41.3 Å². The van der Waals surface area contributed by atoms with Gasteiger partial charge in [0.1, 0.15) is 11.2 Å². The third kappa shape index (κ3) is 2.93. The van der Waals surface area contributed by atoms with Gasteiger partial charge < -0.3 is 10.7 Å². The largest absolute Gasteiger partial charge is 0.369 e. The minimum Gasteiger partial charge on any atom is -0.369 e. The molecule has 3 aromatic heterocycles. The Kier molecular flexibility index (Phi) is 4.07. The quantitative estimate of drug-likeness (QED) is 0.379. The molecular weight excluding hydrogens is 316 g/mol. The summed E-state index contributed by atoms with van der Waals surface area (Å²) >= 11 is 5.76. The van der Waals surface area contributed by atoms with Gasteiger partial charge >= 0.3 is 0 Å². The fourth-order valence-corrected chi connectivity index (χ4v) is 2.38. The SMILES string of the molecule is Cc1cccnc1C(=N)/N=c1\[nH]c(N)nc2c1cnn2CCCl. The van der Waals surface area contributed by atoms with Gasteiger partial charge in [0.25, 0.3) is 0 Å². The molecule has 0 fully saturated rings. The highest BCUT2D eigenvalue weighted by atomic mass is 35.5. The molecule has 0 radical (unpaired) electrons. The molecule has 0 spiro atoms. The molecule has 8 nitrogen and oxygen atoms in total. The maximum absolute atomic E-state index is 8.18. The summed E-state index contributed by atoms with van der Waals surface area (Å²) in [5.74, 6) is 0.640. The third-order valence-corrected chi connectivity index (χ3v) is 3.46. The topological polar surface area (TPSA) is 122 Å². The second-order valence-corrected chi connectivity index (χ2v) is 5.27. The first-order valence-corrected chi connectivity index (χ1v) is 7.46. The van der Waals surface area contributed by atoms with Crippen molar-refractivity contribution >= 4 is 34.4 Å². The Morgan fingerprint density at radius 2 is 2.35 bits per heavy atom. The highest BCUT2D eigenvalue weighted by Gasteiger charge is 2.10. The van der Waals surface area contributed by atoms with Crippen LogP contribution >= 0.6 is 11.6 Å². The van der Waals surface area contributed by atoms with Crippen LogP contribution < -0.4 is 11.2 Å². The van der Waals surface area contributed by atoms with Crippen molar-refractivity contribution in [2.45, 2.75) is 13.5 Å². The number of H-pyrrole nitrogens is 1. The van der Waals surface area contributed by atoms with Gasteiger partial charge in [-0.2, -0.15) is 10.1 Å². The first-order chi connectivity index (χ1) is 11.1. The van der Waals surface area contributed by atoms with Crippen LogP contribution in [0, 0.1) is 12.3 Å². The van der Waals surface area contributed by atoms with E-state index in [9.17, 15) is 0 Å². The fourth-order valence-electron chi connectivity index (χ4n) is 2.22. The van der Waals surface area contributed by atoms with Crippen LogP contribution in [0.5, 0.6) is 0 Å². The molecule has 3 aromatic rings. The van der Waals surface area contributed by atoms with E-state index in [4.69, 9.17) is 22.7 Å². The van der Waals surface area contributed by atoms with Crippen molar-refractivity contribution in [3.8, 4) is 0 Å². The van der Waals surface area contributed by atoms with Crippen LogP contribution in [0.3, 0.4) is 0 Å². The zero-order valence-electron chi connectivity index (χ0n) is 12.4. The second kappa shape index (κ2) is 6.17. The first-order valence-electron chi connectivity index (χ1n) is 6.92. The third-order valence-electron chi connectivity index (χ3n) is 3.29. The van der Waals surface area contributed by atoms with Crippen molar-refractivity contribution in [2.75, 3.05) is 11.6 Å². The number of halogens is 1. The Morgan fingerprint density at radius 1 is 1.52 bits per heavy atom. The van der Waals surface area contributed by atoms with Gasteiger partial charge in [-0.25, -0.2) is 9.67 Å². The number of pyridine rings is 1. The number of alkyl halides is 1. The number of aromatic nitrogens is 5. The molecule has 0 amide bonds. The van der Waals surface area contributed by atoms with Crippen LogP contribution in [0.4, 0.5) is 5.95 Å². The van der Waals surface area contributed by atoms with Crippen molar-refractivity contribution in [1.82, 2.24) is 24.7 Å². The monoisotopic (exact) mass is 330 g/mol. The van der Waals surface area contributed by atoms with Crippen LogP contribution in [0.2, 0.25) is 0 Å². The summed E-state index contributed by atoms with van der Waals surface area (Å²) in [5, 5.41) is 13.1. The lowest BCUT2D eigenvalue weighted by molar-refractivity contribution is 0.681. The van der Waals surface area contributed by atoms with E-state index in [1.807, 2.05) is 19.1 Å². The van der Waals surface area contributed by atoms with Crippen LogP contribution in [0.25, 0.3) is 11.0 Å². The van der Waals surface area contributed by atoms with E-state index in [-0.39, 0.29) is 11.8 Å². The van der Waals surface area contributed by atoms with Gasteiger partial charge in [0, 0.05) is 12.1 Å². The molecule has 9 heteroatoms. The number of nitrogens with one attached hydrogen (secondary N) is 2. The predicted molar refractivity (Wildman–Crippen MR) is 88.4 cm³/mol. The number of hydrogen-bond acceptors (Lipinski definition) is 5. The molecule has 0 aliphatic heterocycles. The molecule has 4 N–H and O–H groups in total. The van der Waals surface area contributed by atoms with Crippen LogP contribution in [0.1, 0.15) is 11.3 Å². The number of aromatic amines is 1. The van der Waals surface area contributed by atoms with Gasteiger partial charge in [-0.05, 0) is 18.6 Å². The standard InChI is InChI=1S/C14H15ClN8/c1-8-3-2-5-18-10(8)11(16)20-12-9-7-19-23(6-4-15)13(9)22-14(17)21-12/h2-3,5,7H,4,6H2,1H3,(H4,16,17,20,21,22). The Bertz CT molecular complexity index is 939. The molecule has 118 valence electrons. The lowest BCUT2D eigenvalue weighted by Crippen LogP contribution is -2.17. The fraction of sp³-hybridized carbons (Fsp3) is 0.214. The Hall–Kier alpha value is -2.74. The van der Waals surface area contributed by atoms with E-state index < -0.39 is 0 Å². The smallest absolute Gasteiger partial charge is 0.201 e. The minimum atomic E-state index is 0.0383. The maximum atomic E-state index is 8.18. The molecule has 0 aliphatic rings. The summed E-state index contributed by atoms with van der Waals surface area (Å²) in [5.41, 5.74) is 8.19. The van der Waals surface area contributed by atoms with Crippen molar-refractivity contribution < 1.29 is 0 Å². The first kappa shape index (κ1) is 15.2. The number of nitrogens with two attached hydrogens (primary N) is 1. The number of aryl methyl sites for hydroxylation is 2. The van der Waals surface area contributed by atoms with Crippen molar-refractivity contribution in [3.63, 3.8) is 0 Å². The molecule has 3 heterocycles. The summed E-state index contributed by atoms with van der Waals surface area (Å²) in [4.78, 5) is 15.6. The number of hydrogen-bond donors (Lipinski definition) is 3. The molecule has 0 bridgehead atoms. The second-order valence-electron chi connectivity index (χ2n) is 4.89. The molecule has 0 saturated carbocycles. The number of fused-ring (bicyclic) bond motifs is 1. The van der Waals surface area contributed by atoms with Gasteiger partial charge in [-0.15, -0.1) is 11.6 Å². The van der Waals surface area contributed by atoms with Crippen molar-refractivity contribution in [1.29, 1.82) is 5.41 Å². The van der Waals surface area contributed by atoms with E-state index in [0.717, 1.165) is 5.56 Å². The number of nitrogen functional groups attached to an aromatic ring is 1. The van der Waals surface area contributed by atoms with Crippen molar-refractivity contribution in [2.24, 2.45) is 4.99 Å². The Balaban J connectivity index is 2.16. The van der Waals surface area contributed by atoms with Gasteiger partial charge in [-0.1, -0.05) is 6.07 Å². The van der Waals surface area contributed by atoms with E-state index in [1.54, 1.807) is 17.1 Å². The van der Waals surface area contributed by atoms with Gasteiger partial charge in [0.05, 0.1) is 18.1 Å². The number of anilines is 1. The average molecular weight is 331 g/mol. The number of nitrogens with zero attached hydrogens (tertiary/aromatic N) is 5. The average Bonchev–Trinajstić information content (AvgIpc) is 2.91. The van der Waals surface area contributed by atoms with E-state index in [0.29, 0.717) is 34.6 Å². The molecule has 0 atom stereocenters. The number of amidine groups is 1.